The van der Waals surface area contributed by atoms with E-state index in [4.69, 9.17) is 22.1 Å². The third-order valence-electron chi connectivity index (χ3n) is 4.02. The predicted octanol–water partition coefficient (Wildman–Crippen LogP) is 2.11. The quantitative estimate of drug-likeness (QED) is 0.477. The van der Waals surface area contributed by atoms with Gasteiger partial charge in [0.25, 0.3) is 0 Å². The fraction of sp³-hybridized carbons (Fsp3) is 0.375. The Morgan fingerprint density at radius 3 is 2.63 bits per heavy atom. The van der Waals surface area contributed by atoms with E-state index in [-0.39, 0.29) is 23.3 Å². The van der Waals surface area contributed by atoms with Gasteiger partial charge in [-0.2, -0.15) is 9.97 Å². The van der Waals surface area contributed by atoms with Gasteiger partial charge in [0.2, 0.25) is 17.6 Å². The van der Waals surface area contributed by atoms with E-state index in [0.29, 0.717) is 17.3 Å². The lowest BCUT2D eigenvalue weighted by Gasteiger charge is -2.26. The van der Waals surface area contributed by atoms with E-state index in [1.165, 1.54) is 0 Å². The van der Waals surface area contributed by atoms with Crippen molar-refractivity contribution in [3.63, 3.8) is 0 Å². The van der Waals surface area contributed by atoms with Crippen LogP contribution in [0.1, 0.15) is 0 Å². The van der Waals surface area contributed by atoms with Crippen LogP contribution in [-0.4, -0.2) is 59.2 Å². The molecule has 11 heteroatoms. The molecular formula is C16H20ClN7O3. The lowest BCUT2D eigenvalue weighted by Crippen LogP contribution is -2.39. The normalized spacial score (nSPS) is 14.7. The number of anilines is 4. The summed E-state index contributed by atoms with van der Waals surface area (Å²) in [6, 6.07) is 6.72. The zero-order valence-corrected chi connectivity index (χ0v) is 15.3. The summed E-state index contributed by atoms with van der Waals surface area (Å²) in [6.07, 6.45) is 0. The fourth-order valence-corrected chi connectivity index (χ4v) is 2.76. The van der Waals surface area contributed by atoms with Crippen molar-refractivity contribution in [1.82, 2.24) is 14.9 Å². The molecule has 144 valence electrons. The van der Waals surface area contributed by atoms with Gasteiger partial charge in [-0.1, -0.05) is 11.6 Å². The predicted molar refractivity (Wildman–Crippen MR) is 104 cm³/mol. The highest BCUT2D eigenvalue weighted by Gasteiger charge is 2.23. The maximum Gasteiger partial charge on any atom is 0.353 e. The number of halogens is 1. The van der Waals surface area contributed by atoms with Crippen LogP contribution in [0.4, 0.5) is 29.0 Å². The molecule has 0 amide bonds. The maximum atomic E-state index is 11.4. The Bertz CT molecular complexity index is 797. The molecule has 1 aliphatic rings. The van der Waals surface area contributed by atoms with Crippen LogP contribution in [-0.2, 0) is 4.74 Å². The number of nitrogens with zero attached hydrogens (tertiary/aromatic N) is 4. The molecule has 1 aliphatic heterocycles. The third-order valence-corrected chi connectivity index (χ3v) is 4.27. The number of aromatic nitrogens is 2. The first-order valence-corrected chi connectivity index (χ1v) is 8.79. The molecule has 1 aromatic carbocycles. The number of rotatable bonds is 7. The summed E-state index contributed by atoms with van der Waals surface area (Å²) < 4.78 is 5.31. The lowest BCUT2D eigenvalue weighted by atomic mass is 10.3. The largest absolute Gasteiger partial charge is 0.379 e. The number of nitrogens with one attached hydrogen (secondary N) is 2. The summed E-state index contributed by atoms with van der Waals surface area (Å²) >= 11 is 5.86. The van der Waals surface area contributed by atoms with Crippen molar-refractivity contribution in [2.75, 3.05) is 55.8 Å². The second-order valence-electron chi connectivity index (χ2n) is 5.90. The van der Waals surface area contributed by atoms with Crippen molar-refractivity contribution >= 4 is 40.6 Å². The summed E-state index contributed by atoms with van der Waals surface area (Å²) in [7, 11) is 0. The SMILES string of the molecule is Nc1nc(NCCN2CCOCC2)nc(Nc2ccc(Cl)cc2)c1[N+](=O)[O-]. The molecule has 2 aromatic rings. The Morgan fingerprint density at radius 1 is 1.26 bits per heavy atom. The molecule has 1 fully saturated rings. The average molecular weight is 394 g/mol. The van der Waals surface area contributed by atoms with E-state index >= 15 is 0 Å². The Hall–Kier alpha value is -2.69. The Labute approximate surface area is 160 Å². The van der Waals surface area contributed by atoms with Crippen LogP contribution in [0.3, 0.4) is 0 Å². The number of morpholine rings is 1. The van der Waals surface area contributed by atoms with E-state index in [1.807, 2.05) is 0 Å². The van der Waals surface area contributed by atoms with Crippen LogP contribution in [0, 0.1) is 10.1 Å². The molecule has 0 radical (unpaired) electrons. The van der Waals surface area contributed by atoms with E-state index in [9.17, 15) is 10.1 Å². The minimum atomic E-state index is -0.606. The van der Waals surface area contributed by atoms with E-state index in [0.717, 1.165) is 32.8 Å². The van der Waals surface area contributed by atoms with Gasteiger partial charge in [0, 0.05) is 36.9 Å². The summed E-state index contributed by atoms with van der Waals surface area (Å²) in [5.74, 6) is 0.0341. The molecule has 1 saturated heterocycles. The minimum absolute atomic E-state index is 0.0173. The maximum absolute atomic E-state index is 11.4. The van der Waals surface area contributed by atoms with Gasteiger partial charge in [-0.05, 0) is 24.3 Å². The van der Waals surface area contributed by atoms with Crippen LogP contribution in [0.2, 0.25) is 5.02 Å². The molecular weight excluding hydrogens is 374 g/mol. The van der Waals surface area contributed by atoms with E-state index in [2.05, 4.69) is 25.5 Å². The highest BCUT2D eigenvalue weighted by molar-refractivity contribution is 6.30. The Morgan fingerprint density at radius 2 is 1.96 bits per heavy atom. The molecule has 1 aromatic heterocycles. The van der Waals surface area contributed by atoms with Crippen LogP contribution in [0.5, 0.6) is 0 Å². The van der Waals surface area contributed by atoms with Gasteiger partial charge in [-0.15, -0.1) is 0 Å². The molecule has 10 nitrogen and oxygen atoms in total. The smallest absolute Gasteiger partial charge is 0.353 e. The Kier molecular flexibility index (Phi) is 6.22. The van der Waals surface area contributed by atoms with E-state index in [1.54, 1.807) is 24.3 Å². The number of nitro groups is 1. The molecule has 0 spiro atoms. The van der Waals surface area contributed by atoms with Gasteiger partial charge in [0.15, 0.2) is 0 Å². The molecule has 3 rings (SSSR count). The first kappa shape index (κ1) is 19.1. The van der Waals surface area contributed by atoms with Crippen molar-refractivity contribution in [2.24, 2.45) is 0 Å². The van der Waals surface area contributed by atoms with Crippen LogP contribution < -0.4 is 16.4 Å². The second-order valence-corrected chi connectivity index (χ2v) is 6.34. The average Bonchev–Trinajstić information content (AvgIpc) is 2.64. The summed E-state index contributed by atoms with van der Waals surface area (Å²) in [4.78, 5) is 21.2. The molecule has 0 aliphatic carbocycles. The van der Waals surface area contributed by atoms with E-state index < -0.39 is 4.92 Å². The number of nitrogens with two attached hydrogens (primary N) is 1. The molecule has 0 unspecified atom stereocenters. The summed E-state index contributed by atoms with van der Waals surface area (Å²) in [5.41, 5.74) is 6.02. The van der Waals surface area contributed by atoms with Crippen molar-refractivity contribution in [3.05, 3.63) is 39.4 Å². The second kappa shape index (κ2) is 8.80. The summed E-state index contributed by atoms with van der Waals surface area (Å²) in [5, 5.41) is 17.9. The number of ether oxygens (including phenoxy) is 1. The first-order chi connectivity index (χ1) is 13.0. The van der Waals surface area contributed by atoms with Crippen LogP contribution in [0.15, 0.2) is 24.3 Å². The zero-order chi connectivity index (χ0) is 19.2. The molecule has 0 atom stereocenters. The van der Waals surface area contributed by atoms with Crippen molar-refractivity contribution in [2.45, 2.75) is 0 Å². The topological polar surface area (TPSA) is 131 Å². The Balaban J connectivity index is 1.73. The molecule has 27 heavy (non-hydrogen) atoms. The van der Waals surface area contributed by atoms with Crippen molar-refractivity contribution < 1.29 is 9.66 Å². The van der Waals surface area contributed by atoms with Crippen LogP contribution >= 0.6 is 11.6 Å². The fourth-order valence-electron chi connectivity index (χ4n) is 2.64. The number of hydrogen-bond acceptors (Lipinski definition) is 9. The van der Waals surface area contributed by atoms with Gasteiger partial charge in [-0.25, -0.2) is 0 Å². The highest BCUT2D eigenvalue weighted by atomic mass is 35.5. The number of nitrogen functional groups attached to an aromatic ring is 1. The van der Waals surface area contributed by atoms with Gasteiger partial charge < -0.3 is 21.1 Å². The van der Waals surface area contributed by atoms with Gasteiger partial charge in [-0.3, -0.25) is 15.0 Å². The van der Waals surface area contributed by atoms with Crippen LogP contribution in [0.25, 0.3) is 0 Å². The molecule has 0 bridgehead atoms. The molecule has 4 N–H and O–H groups in total. The standard InChI is InChI=1S/C16H20ClN7O3/c17-11-1-3-12(4-2-11)20-15-13(24(25)26)14(18)21-16(22-15)19-5-6-23-7-9-27-10-8-23/h1-4H,5-10H2,(H4,18,19,20,21,22). The number of hydrogen-bond donors (Lipinski definition) is 3. The minimum Gasteiger partial charge on any atom is -0.379 e. The monoisotopic (exact) mass is 393 g/mol. The van der Waals surface area contributed by atoms with Crippen molar-refractivity contribution in [3.8, 4) is 0 Å². The van der Waals surface area contributed by atoms with Gasteiger partial charge >= 0.3 is 5.69 Å². The zero-order valence-electron chi connectivity index (χ0n) is 14.5. The van der Waals surface area contributed by atoms with Gasteiger partial charge in [0.1, 0.15) is 0 Å². The molecule has 2 heterocycles. The first-order valence-electron chi connectivity index (χ1n) is 8.41. The summed E-state index contributed by atoms with van der Waals surface area (Å²) in [6.45, 7) is 4.54. The lowest BCUT2D eigenvalue weighted by molar-refractivity contribution is -0.383. The number of benzene rings is 1. The highest BCUT2D eigenvalue weighted by Crippen LogP contribution is 2.31. The third kappa shape index (κ3) is 5.16. The van der Waals surface area contributed by atoms with Gasteiger partial charge in [0.05, 0.1) is 18.1 Å². The molecule has 0 saturated carbocycles. The van der Waals surface area contributed by atoms with Crippen molar-refractivity contribution in [1.29, 1.82) is 0 Å².